The first kappa shape index (κ1) is 13.4. The van der Waals surface area contributed by atoms with Crippen molar-refractivity contribution in [3.8, 4) is 0 Å². The van der Waals surface area contributed by atoms with Gasteiger partial charge in [0.15, 0.2) is 0 Å². The molecule has 1 aromatic rings. The average molecular weight is 261 g/mol. The van der Waals surface area contributed by atoms with Crippen LogP contribution < -0.4 is 16.0 Å². The Kier molecular flexibility index (Phi) is 4.04. The number of rotatable bonds is 4. The molecule has 0 aromatic heterocycles. The number of anilines is 1. The van der Waals surface area contributed by atoms with Crippen molar-refractivity contribution in [2.45, 2.75) is 32.4 Å². The predicted octanol–water partition coefficient (Wildman–Crippen LogP) is 0.664. The zero-order chi connectivity index (χ0) is 13.8. The summed E-state index contributed by atoms with van der Waals surface area (Å²) in [6, 6.07) is 7.03. The molecule has 0 spiro atoms. The van der Waals surface area contributed by atoms with E-state index in [4.69, 9.17) is 0 Å². The number of hydrogen-bond acceptors (Lipinski definition) is 3. The lowest BCUT2D eigenvalue weighted by molar-refractivity contribution is -0.128. The van der Waals surface area contributed by atoms with Crippen molar-refractivity contribution in [3.05, 3.63) is 29.8 Å². The van der Waals surface area contributed by atoms with Gasteiger partial charge >= 0.3 is 0 Å². The maximum Gasteiger partial charge on any atom is 0.243 e. The second-order valence-electron chi connectivity index (χ2n) is 4.68. The van der Waals surface area contributed by atoms with E-state index in [2.05, 4.69) is 16.0 Å². The van der Waals surface area contributed by atoms with Gasteiger partial charge in [0.2, 0.25) is 11.8 Å². The minimum absolute atomic E-state index is 0.144. The van der Waals surface area contributed by atoms with Crippen molar-refractivity contribution in [2.24, 2.45) is 0 Å². The molecule has 2 amide bonds. The van der Waals surface area contributed by atoms with Gasteiger partial charge in [-0.25, -0.2) is 0 Å². The lowest BCUT2D eigenvalue weighted by Crippen LogP contribution is -2.49. The normalized spacial score (nSPS) is 18.1. The first-order valence-electron chi connectivity index (χ1n) is 6.54. The largest absolute Gasteiger partial charge is 0.373 e. The molecule has 1 heterocycles. The zero-order valence-corrected chi connectivity index (χ0v) is 11.2. The molecular formula is C14H19N3O2. The van der Waals surface area contributed by atoms with Crippen molar-refractivity contribution in [1.82, 2.24) is 10.6 Å². The van der Waals surface area contributed by atoms with Crippen molar-refractivity contribution in [2.75, 3.05) is 11.9 Å². The van der Waals surface area contributed by atoms with Crippen molar-refractivity contribution in [3.63, 3.8) is 0 Å². The van der Waals surface area contributed by atoms with Gasteiger partial charge in [0, 0.05) is 18.7 Å². The van der Waals surface area contributed by atoms with Gasteiger partial charge in [-0.2, -0.15) is 0 Å². The molecule has 1 aliphatic rings. The van der Waals surface area contributed by atoms with Gasteiger partial charge in [0.25, 0.3) is 0 Å². The van der Waals surface area contributed by atoms with Gasteiger partial charge in [-0.05, 0) is 25.5 Å². The van der Waals surface area contributed by atoms with Gasteiger partial charge in [0.1, 0.15) is 12.1 Å². The van der Waals surface area contributed by atoms with Crippen LogP contribution in [0, 0.1) is 0 Å². The highest BCUT2D eigenvalue weighted by atomic mass is 16.2. The summed E-state index contributed by atoms with van der Waals surface area (Å²) >= 11 is 0. The summed E-state index contributed by atoms with van der Waals surface area (Å²) in [7, 11) is 0. The first-order chi connectivity index (χ1) is 9.11. The van der Waals surface area contributed by atoms with E-state index in [1.165, 1.54) is 0 Å². The van der Waals surface area contributed by atoms with Crippen LogP contribution in [0.2, 0.25) is 0 Å². The van der Waals surface area contributed by atoms with Gasteiger partial charge in [-0.1, -0.05) is 18.2 Å². The summed E-state index contributed by atoms with van der Waals surface area (Å²) in [6.07, 6.45) is 0.657. The fourth-order valence-corrected chi connectivity index (χ4v) is 2.16. The monoisotopic (exact) mass is 261 g/mol. The van der Waals surface area contributed by atoms with Crippen LogP contribution in [-0.4, -0.2) is 30.4 Å². The number of carbonyl (C=O) groups excluding carboxylic acids is 2. The lowest BCUT2D eigenvalue weighted by Gasteiger charge is -2.17. The Balaban J connectivity index is 1.91. The number of amides is 2. The van der Waals surface area contributed by atoms with Crippen LogP contribution in [-0.2, 0) is 16.0 Å². The Morgan fingerprint density at radius 3 is 2.84 bits per heavy atom. The molecule has 2 atom stereocenters. The van der Waals surface area contributed by atoms with E-state index in [0.29, 0.717) is 13.0 Å². The summed E-state index contributed by atoms with van der Waals surface area (Å²) in [5, 5.41) is 8.58. The van der Waals surface area contributed by atoms with E-state index in [0.717, 1.165) is 11.3 Å². The van der Waals surface area contributed by atoms with Crippen LogP contribution >= 0.6 is 0 Å². The highest BCUT2D eigenvalue weighted by molar-refractivity contribution is 5.92. The number of carbonyl (C=O) groups is 2. The summed E-state index contributed by atoms with van der Waals surface area (Å²) in [6.45, 7) is 4.10. The van der Waals surface area contributed by atoms with Gasteiger partial charge < -0.3 is 16.0 Å². The molecule has 0 saturated heterocycles. The van der Waals surface area contributed by atoms with E-state index >= 15 is 0 Å². The van der Waals surface area contributed by atoms with E-state index in [-0.39, 0.29) is 17.9 Å². The maximum absolute atomic E-state index is 12.1. The quantitative estimate of drug-likeness (QED) is 0.746. The molecule has 2 unspecified atom stereocenters. The lowest BCUT2D eigenvalue weighted by atomic mass is 10.1. The van der Waals surface area contributed by atoms with E-state index in [9.17, 15) is 9.59 Å². The average Bonchev–Trinajstić information content (AvgIpc) is 2.82. The number of likely N-dealkylation sites (N-methyl/N-ethyl adjacent to an activating group) is 1. The molecule has 5 heteroatoms. The molecule has 1 aromatic carbocycles. The van der Waals surface area contributed by atoms with E-state index in [1.54, 1.807) is 6.92 Å². The van der Waals surface area contributed by atoms with Crippen molar-refractivity contribution in [1.29, 1.82) is 0 Å². The molecule has 0 aliphatic carbocycles. The first-order valence-corrected chi connectivity index (χ1v) is 6.54. The molecular weight excluding hydrogens is 242 g/mol. The zero-order valence-electron chi connectivity index (χ0n) is 11.2. The van der Waals surface area contributed by atoms with Gasteiger partial charge in [-0.15, -0.1) is 0 Å². The molecule has 0 fully saturated rings. The van der Waals surface area contributed by atoms with Crippen LogP contribution in [0.1, 0.15) is 19.4 Å². The van der Waals surface area contributed by atoms with E-state index in [1.807, 2.05) is 31.2 Å². The molecule has 1 aliphatic heterocycles. The second-order valence-corrected chi connectivity index (χ2v) is 4.68. The molecule has 19 heavy (non-hydrogen) atoms. The van der Waals surface area contributed by atoms with Crippen molar-refractivity contribution >= 4 is 17.5 Å². The Labute approximate surface area is 112 Å². The molecule has 3 N–H and O–H groups in total. The number of hydrogen-bond donors (Lipinski definition) is 3. The molecule has 5 nitrogen and oxygen atoms in total. The Morgan fingerprint density at radius 1 is 1.42 bits per heavy atom. The highest BCUT2D eigenvalue weighted by Crippen LogP contribution is 2.25. The fourth-order valence-electron chi connectivity index (χ4n) is 2.16. The Bertz CT molecular complexity index is 462. The predicted molar refractivity (Wildman–Crippen MR) is 73.8 cm³/mol. The third kappa shape index (κ3) is 3.05. The minimum atomic E-state index is -0.516. The van der Waals surface area contributed by atoms with Crippen LogP contribution in [0.4, 0.5) is 5.69 Å². The summed E-state index contributed by atoms with van der Waals surface area (Å²) in [4.78, 5) is 23.6. The summed E-state index contributed by atoms with van der Waals surface area (Å²) in [5.41, 5.74) is 2.13. The summed E-state index contributed by atoms with van der Waals surface area (Å²) < 4.78 is 0. The smallest absolute Gasteiger partial charge is 0.243 e. The Morgan fingerprint density at radius 2 is 2.16 bits per heavy atom. The van der Waals surface area contributed by atoms with Crippen LogP contribution in [0.25, 0.3) is 0 Å². The number of fused-ring (bicyclic) bond motifs is 1. The van der Waals surface area contributed by atoms with Crippen molar-refractivity contribution < 1.29 is 9.59 Å². The minimum Gasteiger partial charge on any atom is -0.373 e. The highest BCUT2D eigenvalue weighted by Gasteiger charge is 2.28. The van der Waals surface area contributed by atoms with Crippen LogP contribution in [0.15, 0.2) is 24.3 Å². The number of nitrogens with one attached hydrogen (secondary N) is 3. The third-order valence-electron chi connectivity index (χ3n) is 3.19. The third-order valence-corrected chi connectivity index (χ3v) is 3.19. The molecule has 102 valence electrons. The fraction of sp³-hybridized carbons (Fsp3) is 0.429. The van der Waals surface area contributed by atoms with E-state index < -0.39 is 6.04 Å². The topological polar surface area (TPSA) is 70.2 Å². The van der Waals surface area contributed by atoms with Gasteiger partial charge in [0.05, 0.1) is 0 Å². The molecule has 0 saturated carbocycles. The molecule has 2 rings (SSSR count). The molecule has 0 radical (unpaired) electrons. The Hall–Kier alpha value is -2.04. The second kappa shape index (κ2) is 5.73. The summed E-state index contributed by atoms with van der Waals surface area (Å²) in [5.74, 6) is -0.304. The van der Waals surface area contributed by atoms with Gasteiger partial charge in [-0.3, -0.25) is 9.59 Å². The van der Waals surface area contributed by atoms with Crippen LogP contribution in [0.5, 0.6) is 0 Å². The van der Waals surface area contributed by atoms with Crippen LogP contribution in [0.3, 0.4) is 0 Å². The standard InChI is InChI=1S/C14H19N3O2/c1-3-15-13(18)9(2)16-14(19)12-8-10-6-4-5-7-11(10)17-12/h4-7,9,12,17H,3,8H2,1-2H3,(H,15,18)(H,16,19). The molecule has 0 bridgehead atoms. The number of benzene rings is 1. The number of para-hydroxylation sites is 1. The SMILES string of the molecule is CCNC(=O)C(C)NC(=O)C1Cc2ccccc2N1. The maximum atomic E-state index is 12.1.